The minimum absolute atomic E-state index is 0.126. The van der Waals surface area contributed by atoms with E-state index in [-0.39, 0.29) is 18.9 Å². The quantitative estimate of drug-likeness (QED) is 0.870. The van der Waals surface area contributed by atoms with Gasteiger partial charge in [0.2, 0.25) is 5.91 Å². The molecule has 0 aromatic carbocycles. The third kappa shape index (κ3) is 3.97. The van der Waals surface area contributed by atoms with Gasteiger partial charge in [0.15, 0.2) is 5.76 Å². The van der Waals surface area contributed by atoms with Crippen LogP contribution in [0.1, 0.15) is 24.3 Å². The predicted molar refractivity (Wildman–Crippen MR) is 87.2 cm³/mol. The summed E-state index contributed by atoms with van der Waals surface area (Å²) < 4.78 is 10.8. The molecule has 0 bridgehead atoms. The Morgan fingerprint density at radius 1 is 1.48 bits per heavy atom. The van der Waals surface area contributed by atoms with Crippen molar-refractivity contribution >= 4 is 17.7 Å². The Balaban J connectivity index is 1.57. The lowest BCUT2D eigenvalue weighted by Crippen LogP contribution is -2.45. The Morgan fingerprint density at radius 3 is 2.96 bits per heavy atom. The number of aryl methyl sites for hydroxylation is 1. The number of hydrogen-bond acceptors (Lipinski definition) is 6. The fraction of sp³-hybridized carbons (Fsp3) is 0.500. The highest BCUT2D eigenvalue weighted by Gasteiger charge is 2.30. The molecule has 0 atom stereocenters. The number of carbonyl (C=O) groups is 1. The van der Waals surface area contributed by atoms with E-state index >= 15 is 0 Å². The third-order valence-electron chi connectivity index (χ3n) is 3.99. The summed E-state index contributed by atoms with van der Waals surface area (Å²) in [6, 6.07) is 3.51. The fourth-order valence-corrected chi connectivity index (χ4v) is 3.76. The Kier molecular flexibility index (Phi) is 4.77. The molecule has 124 valence electrons. The molecule has 6 nitrogen and oxygen atoms in total. The van der Waals surface area contributed by atoms with Crippen LogP contribution in [0.25, 0.3) is 11.7 Å². The van der Waals surface area contributed by atoms with Gasteiger partial charge in [-0.2, -0.15) is 11.8 Å². The molecule has 1 aliphatic heterocycles. The maximum Gasteiger partial charge on any atom is 0.263 e. The summed E-state index contributed by atoms with van der Waals surface area (Å²) in [7, 11) is 0. The first-order chi connectivity index (χ1) is 11.1. The first kappa shape index (κ1) is 16.1. The second-order valence-electron chi connectivity index (χ2n) is 5.79. The lowest BCUT2D eigenvalue weighted by Gasteiger charge is -2.31. The van der Waals surface area contributed by atoms with Crippen LogP contribution in [0.2, 0.25) is 0 Å². The van der Waals surface area contributed by atoms with Gasteiger partial charge in [-0.1, -0.05) is 0 Å². The second-order valence-corrected chi connectivity index (χ2v) is 7.01. The number of nitrogens with zero attached hydrogens (tertiary/aromatic N) is 1. The van der Waals surface area contributed by atoms with E-state index < -0.39 is 5.60 Å². The summed E-state index contributed by atoms with van der Waals surface area (Å²) in [5.74, 6) is 3.20. The number of amides is 1. The number of rotatable bonds is 5. The molecule has 0 radical (unpaired) electrons. The SMILES string of the molecule is Cc1oc(-c2ccco2)nc1CC(=O)NCC1(O)CCSCC1. The minimum Gasteiger partial charge on any atom is -0.459 e. The summed E-state index contributed by atoms with van der Waals surface area (Å²) in [6.07, 6.45) is 3.10. The van der Waals surface area contributed by atoms with Crippen molar-refractivity contribution in [3.63, 3.8) is 0 Å². The molecule has 2 N–H and O–H groups in total. The third-order valence-corrected chi connectivity index (χ3v) is 4.98. The molecule has 0 unspecified atom stereocenters. The average molecular weight is 336 g/mol. The van der Waals surface area contributed by atoms with Crippen molar-refractivity contribution in [3.8, 4) is 11.7 Å². The van der Waals surface area contributed by atoms with Crippen LogP contribution in [0.3, 0.4) is 0 Å². The molecule has 1 saturated heterocycles. The predicted octanol–water partition coefficient (Wildman–Crippen LogP) is 2.16. The van der Waals surface area contributed by atoms with Gasteiger partial charge in [0.1, 0.15) is 5.76 Å². The molecule has 1 fully saturated rings. The van der Waals surface area contributed by atoms with Crippen LogP contribution < -0.4 is 5.32 Å². The maximum atomic E-state index is 12.1. The maximum absolute atomic E-state index is 12.1. The van der Waals surface area contributed by atoms with E-state index in [1.165, 1.54) is 0 Å². The van der Waals surface area contributed by atoms with E-state index in [2.05, 4.69) is 10.3 Å². The molecule has 3 rings (SSSR count). The molecule has 0 spiro atoms. The Labute approximate surface area is 138 Å². The summed E-state index contributed by atoms with van der Waals surface area (Å²) in [5, 5.41) is 13.2. The Hall–Kier alpha value is -1.73. The number of oxazole rings is 1. The number of thioether (sulfide) groups is 1. The topological polar surface area (TPSA) is 88.5 Å². The zero-order chi connectivity index (χ0) is 16.3. The molecule has 7 heteroatoms. The van der Waals surface area contributed by atoms with E-state index in [0.717, 1.165) is 11.5 Å². The highest BCUT2D eigenvalue weighted by Crippen LogP contribution is 2.26. The van der Waals surface area contributed by atoms with Gasteiger partial charge in [-0.25, -0.2) is 4.98 Å². The zero-order valence-corrected chi connectivity index (χ0v) is 13.8. The van der Waals surface area contributed by atoms with Gasteiger partial charge >= 0.3 is 0 Å². The molecule has 1 amide bonds. The number of carbonyl (C=O) groups excluding carboxylic acids is 1. The van der Waals surface area contributed by atoms with Gasteiger partial charge in [0.25, 0.3) is 5.89 Å². The van der Waals surface area contributed by atoms with Crippen LogP contribution in [0.15, 0.2) is 27.2 Å². The first-order valence-corrected chi connectivity index (χ1v) is 8.78. The summed E-state index contributed by atoms with van der Waals surface area (Å²) in [6.45, 7) is 2.06. The number of nitrogens with one attached hydrogen (secondary N) is 1. The summed E-state index contributed by atoms with van der Waals surface area (Å²) in [5.41, 5.74) is -0.195. The second kappa shape index (κ2) is 6.80. The van der Waals surface area contributed by atoms with Crippen molar-refractivity contribution in [1.29, 1.82) is 0 Å². The van der Waals surface area contributed by atoms with Crippen LogP contribution >= 0.6 is 11.8 Å². The number of aromatic nitrogens is 1. The van der Waals surface area contributed by atoms with Crippen LogP contribution in [-0.2, 0) is 11.2 Å². The Morgan fingerprint density at radius 2 is 2.26 bits per heavy atom. The number of furan rings is 1. The largest absolute Gasteiger partial charge is 0.459 e. The van der Waals surface area contributed by atoms with E-state index in [4.69, 9.17) is 8.83 Å². The molecular weight excluding hydrogens is 316 g/mol. The van der Waals surface area contributed by atoms with Gasteiger partial charge in [-0.15, -0.1) is 0 Å². The lowest BCUT2D eigenvalue weighted by atomic mass is 9.97. The van der Waals surface area contributed by atoms with Crippen molar-refractivity contribution in [2.75, 3.05) is 18.1 Å². The average Bonchev–Trinajstić information content (AvgIpc) is 3.17. The summed E-state index contributed by atoms with van der Waals surface area (Å²) >= 11 is 1.83. The van der Waals surface area contributed by atoms with Crippen LogP contribution in [-0.4, -0.2) is 39.6 Å². The van der Waals surface area contributed by atoms with Crippen LogP contribution in [0, 0.1) is 6.92 Å². The minimum atomic E-state index is -0.779. The van der Waals surface area contributed by atoms with E-state index in [1.54, 1.807) is 25.3 Å². The number of hydrogen-bond donors (Lipinski definition) is 2. The van der Waals surface area contributed by atoms with E-state index in [9.17, 15) is 9.90 Å². The van der Waals surface area contributed by atoms with Crippen molar-refractivity contribution in [2.24, 2.45) is 0 Å². The van der Waals surface area contributed by atoms with Gasteiger partial charge in [-0.3, -0.25) is 4.79 Å². The van der Waals surface area contributed by atoms with Crippen molar-refractivity contribution < 1.29 is 18.7 Å². The molecule has 2 aromatic rings. The van der Waals surface area contributed by atoms with Crippen molar-refractivity contribution in [1.82, 2.24) is 10.3 Å². The van der Waals surface area contributed by atoms with E-state index in [1.807, 2.05) is 11.8 Å². The molecule has 3 heterocycles. The molecule has 1 aliphatic rings. The lowest BCUT2D eigenvalue weighted by molar-refractivity contribution is -0.121. The van der Waals surface area contributed by atoms with Crippen molar-refractivity contribution in [3.05, 3.63) is 29.9 Å². The van der Waals surface area contributed by atoms with Gasteiger partial charge in [0.05, 0.1) is 24.0 Å². The van der Waals surface area contributed by atoms with Crippen molar-refractivity contribution in [2.45, 2.75) is 31.8 Å². The molecule has 23 heavy (non-hydrogen) atoms. The molecule has 2 aromatic heterocycles. The molecule has 0 aliphatic carbocycles. The molecular formula is C16H20N2O4S. The van der Waals surface area contributed by atoms with E-state index in [0.29, 0.717) is 35.9 Å². The Bertz CT molecular complexity index is 660. The highest BCUT2D eigenvalue weighted by molar-refractivity contribution is 7.99. The number of aliphatic hydroxyl groups is 1. The summed E-state index contributed by atoms with van der Waals surface area (Å²) in [4.78, 5) is 16.4. The highest BCUT2D eigenvalue weighted by atomic mass is 32.2. The fourth-order valence-electron chi connectivity index (χ4n) is 2.50. The molecule has 0 saturated carbocycles. The van der Waals surface area contributed by atoms with Gasteiger partial charge < -0.3 is 19.3 Å². The monoisotopic (exact) mass is 336 g/mol. The smallest absolute Gasteiger partial charge is 0.263 e. The van der Waals surface area contributed by atoms with Crippen LogP contribution in [0.4, 0.5) is 0 Å². The normalized spacial score (nSPS) is 17.1. The van der Waals surface area contributed by atoms with Gasteiger partial charge in [-0.05, 0) is 43.4 Å². The van der Waals surface area contributed by atoms with Crippen LogP contribution in [0.5, 0.6) is 0 Å². The van der Waals surface area contributed by atoms with Gasteiger partial charge in [0, 0.05) is 6.54 Å². The standard InChI is InChI=1S/C16H20N2O4S/c1-11-12(18-15(22-11)13-3-2-6-21-13)9-14(19)17-10-16(20)4-7-23-8-5-16/h2-3,6,20H,4-5,7-10H2,1H3,(H,17,19). The zero-order valence-electron chi connectivity index (χ0n) is 13.0. The first-order valence-electron chi connectivity index (χ1n) is 7.63.